The van der Waals surface area contributed by atoms with Crippen molar-refractivity contribution in [2.24, 2.45) is 0 Å². The Kier molecular flexibility index (Phi) is 8.81. The zero-order valence-corrected chi connectivity index (χ0v) is 19.9. The molecule has 38 heavy (non-hydrogen) atoms. The first-order valence-electron chi connectivity index (χ1n) is 11.4. The van der Waals surface area contributed by atoms with E-state index in [9.17, 15) is 44.3 Å². The minimum absolute atomic E-state index is 0.0561. The predicted octanol–water partition coefficient (Wildman–Crippen LogP) is 5.35. The highest BCUT2D eigenvalue weighted by Gasteiger charge is 2.38. The number of hydrogen-bond donors (Lipinski definition) is 2. The fourth-order valence-electron chi connectivity index (χ4n) is 4.05. The van der Waals surface area contributed by atoms with Gasteiger partial charge in [-0.15, -0.1) is 0 Å². The molecule has 0 spiro atoms. The van der Waals surface area contributed by atoms with E-state index in [1.165, 1.54) is 0 Å². The highest BCUT2D eigenvalue weighted by molar-refractivity contribution is 5.84. The smallest absolute Gasteiger partial charge is 0.301 e. The maximum atomic E-state index is 13.2. The molecule has 0 aliphatic carbocycles. The number of carbonyl (C=O) groups is 1. The largest absolute Gasteiger partial charge is 0.433 e. The van der Waals surface area contributed by atoms with E-state index in [2.05, 4.69) is 20.7 Å². The molecule has 2 heterocycles. The SMILES string of the molecule is CCCN1CCN(C(C(=O)NNc2cc(C(F)(F)F)cc(C(F)(F)F)c2)c2ccc(C(F)(F)F)nc2)CC1. The maximum absolute atomic E-state index is 13.2. The van der Waals surface area contributed by atoms with Crippen molar-refractivity contribution in [3.05, 3.63) is 58.9 Å². The zero-order chi connectivity index (χ0) is 28.3. The second-order valence-electron chi connectivity index (χ2n) is 8.66. The van der Waals surface area contributed by atoms with Crippen molar-refractivity contribution >= 4 is 11.6 Å². The number of pyridine rings is 1. The lowest BCUT2D eigenvalue weighted by Gasteiger charge is -2.38. The van der Waals surface area contributed by atoms with Gasteiger partial charge in [0, 0.05) is 32.4 Å². The number of benzene rings is 1. The summed E-state index contributed by atoms with van der Waals surface area (Å²) in [4.78, 5) is 20.3. The molecule has 1 fully saturated rings. The fraction of sp³-hybridized carbons (Fsp3) is 0.478. The Labute approximate surface area is 211 Å². The summed E-state index contributed by atoms with van der Waals surface area (Å²) in [6, 6.07) is 1.28. The van der Waals surface area contributed by atoms with Gasteiger partial charge in [0.1, 0.15) is 11.7 Å². The summed E-state index contributed by atoms with van der Waals surface area (Å²) in [5.41, 5.74) is -0.774. The number of alkyl halides is 9. The number of halogens is 9. The van der Waals surface area contributed by atoms with Crippen molar-refractivity contribution < 1.29 is 44.3 Å². The molecule has 1 aliphatic heterocycles. The molecule has 0 radical (unpaired) electrons. The second-order valence-corrected chi connectivity index (χ2v) is 8.66. The summed E-state index contributed by atoms with van der Waals surface area (Å²) >= 11 is 0. The molecule has 1 saturated heterocycles. The van der Waals surface area contributed by atoms with Gasteiger partial charge in [0.25, 0.3) is 5.91 Å². The van der Waals surface area contributed by atoms with Gasteiger partial charge in [-0.3, -0.25) is 25.5 Å². The number of aromatic nitrogens is 1. The van der Waals surface area contributed by atoms with Crippen LogP contribution in [0.5, 0.6) is 0 Å². The van der Waals surface area contributed by atoms with Crippen LogP contribution in [0.1, 0.15) is 41.8 Å². The van der Waals surface area contributed by atoms with Gasteiger partial charge in [-0.05, 0) is 42.8 Å². The standard InChI is InChI=1S/C23H24F9N5O/c1-2-5-36-6-8-37(9-7-36)19(14-3-4-18(33-13-14)23(30,31)32)20(38)35-34-17-11-15(21(24,25)26)10-16(12-17)22(27,28)29/h3-4,10-13,19,34H,2,5-9H2,1H3,(H,35,38). The maximum Gasteiger partial charge on any atom is 0.433 e. The van der Waals surface area contributed by atoms with Crippen LogP contribution < -0.4 is 10.9 Å². The number of rotatable bonds is 7. The summed E-state index contributed by atoms with van der Waals surface area (Å²) in [5.74, 6) is -0.901. The number of hydrogen-bond acceptors (Lipinski definition) is 5. The predicted molar refractivity (Wildman–Crippen MR) is 118 cm³/mol. The van der Waals surface area contributed by atoms with Gasteiger partial charge in [0.2, 0.25) is 0 Å². The summed E-state index contributed by atoms with van der Waals surface area (Å²) < 4.78 is 118. The first-order valence-corrected chi connectivity index (χ1v) is 11.4. The van der Waals surface area contributed by atoms with E-state index in [4.69, 9.17) is 0 Å². The van der Waals surface area contributed by atoms with E-state index >= 15 is 0 Å². The van der Waals surface area contributed by atoms with Crippen LogP contribution in [-0.4, -0.2) is 53.4 Å². The Balaban J connectivity index is 1.86. The number of carbonyl (C=O) groups excluding carboxylic acids is 1. The number of nitrogens with zero attached hydrogens (tertiary/aromatic N) is 3. The molecular weight excluding hydrogens is 533 g/mol. The van der Waals surface area contributed by atoms with Gasteiger partial charge >= 0.3 is 18.5 Å². The van der Waals surface area contributed by atoms with Crippen molar-refractivity contribution in [3.63, 3.8) is 0 Å². The average Bonchev–Trinajstić information content (AvgIpc) is 2.83. The van der Waals surface area contributed by atoms with Crippen LogP contribution in [0.3, 0.4) is 0 Å². The molecule has 1 atom stereocenters. The molecule has 0 bridgehead atoms. The van der Waals surface area contributed by atoms with Crippen LogP contribution in [0.2, 0.25) is 0 Å². The lowest BCUT2D eigenvalue weighted by atomic mass is 10.0. The number of hydrazine groups is 1. The molecular formula is C23H24F9N5O. The van der Waals surface area contributed by atoms with Crippen LogP contribution >= 0.6 is 0 Å². The Morgan fingerprint density at radius 2 is 1.47 bits per heavy atom. The van der Waals surface area contributed by atoms with Crippen LogP contribution in [-0.2, 0) is 23.3 Å². The molecule has 1 amide bonds. The third-order valence-corrected chi connectivity index (χ3v) is 5.87. The average molecular weight is 557 g/mol. The van der Waals surface area contributed by atoms with Gasteiger partial charge in [-0.2, -0.15) is 39.5 Å². The second kappa shape index (κ2) is 11.4. The lowest BCUT2D eigenvalue weighted by Crippen LogP contribution is -2.51. The first-order chi connectivity index (χ1) is 17.6. The molecule has 210 valence electrons. The summed E-state index contributed by atoms with van der Waals surface area (Å²) in [5, 5.41) is 0. The zero-order valence-electron chi connectivity index (χ0n) is 19.9. The normalized spacial score (nSPS) is 16.8. The number of anilines is 1. The first kappa shape index (κ1) is 29.5. The molecule has 0 saturated carbocycles. The molecule has 1 aromatic heterocycles. The molecule has 2 N–H and O–H groups in total. The van der Waals surface area contributed by atoms with E-state index in [0.717, 1.165) is 25.2 Å². The molecule has 2 aromatic rings. The van der Waals surface area contributed by atoms with Gasteiger partial charge in [-0.1, -0.05) is 13.0 Å². The van der Waals surface area contributed by atoms with Crippen molar-refractivity contribution in [2.45, 2.75) is 37.9 Å². The Morgan fingerprint density at radius 3 is 1.92 bits per heavy atom. The summed E-state index contributed by atoms with van der Waals surface area (Å²) in [6.07, 6.45) is -13.1. The van der Waals surface area contributed by atoms with E-state index in [-0.39, 0.29) is 11.6 Å². The molecule has 1 aromatic carbocycles. The van der Waals surface area contributed by atoms with E-state index < -0.39 is 53.0 Å². The summed E-state index contributed by atoms with van der Waals surface area (Å²) in [6.45, 7) is 4.54. The molecule has 1 aliphatic rings. The Hall–Kier alpha value is -3.07. The van der Waals surface area contributed by atoms with Crippen molar-refractivity contribution in [1.29, 1.82) is 0 Å². The number of nitrogens with one attached hydrogen (secondary N) is 2. The van der Waals surface area contributed by atoms with Crippen LogP contribution in [0.25, 0.3) is 0 Å². The molecule has 1 unspecified atom stereocenters. The third-order valence-electron chi connectivity index (χ3n) is 5.87. The van der Waals surface area contributed by atoms with Gasteiger partial charge in [0.05, 0.1) is 16.8 Å². The molecule has 15 heteroatoms. The van der Waals surface area contributed by atoms with Crippen molar-refractivity contribution in [3.8, 4) is 0 Å². The monoisotopic (exact) mass is 557 g/mol. The van der Waals surface area contributed by atoms with Gasteiger partial charge in [-0.25, -0.2) is 0 Å². The highest BCUT2D eigenvalue weighted by atomic mass is 19.4. The Morgan fingerprint density at radius 1 is 0.895 bits per heavy atom. The topological polar surface area (TPSA) is 60.5 Å². The fourth-order valence-corrected chi connectivity index (χ4v) is 4.05. The minimum Gasteiger partial charge on any atom is -0.301 e. The van der Waals surface area contributed by atoms with Crippen LogP contribution in [0.15, 0.2) is 36.5 Å². The van der Waals surface area contributed by atoms with Crippen LogP contribution in [0.4, 0.5) is 45.2 Å². The number of amides is 1. The van der Waals surface area contributed by atoms with Crippen molar-refractivity contribution in [2.75, 3.05) is 38.1 Å². The Bertz CT molecular complexity index is 1060. The van der Waals surface area contributed by atoms with E-state index in [1.54, 1.807) is 4.90 Å². The van der Waals surface area contributed by atoms with Gasteiger partial charge < -0.3 is 4.90 Å². The highest BCUT2D eigenvalue weighted by Crippen LogP contribution is 2.37. The summed E-state index contributed by atoms with van der Waals surface area (Å²) in [7, 11) is 0. The molecule has 3 rings (SSSR count). The molecule has 6 nitrogen and oxygen atoms in total. The third kappa shape index (κ3) is 7.49. The van der Waals surface area contributed by atoms with Gasteiger partial charge in [0.15, 0.2) is 0 Å². The van der Waals surface area contributed by atoms with E-state index in [0.29, 0.717) is 44.4 Å². The quantitative estimate of drug-likeness (QED) is 0.355. The van der Waals surface area contributed by atoms with E-state index in [1.807, 2.05) is 6.92 Å². The minimum atomic E-state index is -5.09. The number of piperazine rings is 1. The van der Waals surface area contributed by atoms with Crippen molar-refractivity contribution in [1.82, 2.24) is 20.2 Å². The lowest BCUT2D eigenvalue weighted by molar-refractivity contribution is -0.143. The van der Waals surface area contributed by atoms with Crippen LogP contribution in [0, 0.1) is 0 Å².